The van der Waals surface area contributed by atoms with Crippen molar-refractivity contribution in [1.29, 1.82) is 0 Å². The van der Waals surface area contributed by atoms with Crippen molar-refractivity contribution < 1.29 is 9.50 Å². The quantitative estimate of drug-likeness (QED) is 0.877. The normalized spacial score (nSPS) is 15.6. The summed E-state index contributed by atoms with van der Waals surface area (Å²) in [5.41, 5.74) is 3.02. The average Bonchev–Trinajstić information content (AvgIpc) is 2.57. The smallest absolute Gasteiger partial charge is 0.149 e. The lowest BCUT2D eigenvalue weighted by Gasteiger charge is -2.31. The molecule has 2 heterocycles. The predicted molar refractivity (Wildman–Crippen MR) is 95.6 cm³/mol. The van der Waals surface area contributed by atoms with E-state index in [4.69, 9.17) is 11.6 Å². The molecule has 3 rings (SSSR count). The molecule has 0 amide bonds. The van der Waals surface area contributed by atoms with Crippen molar-refractivity contribution in [2.24, 2.45) is 0 Å². The summed E-state index contributed by atoms with van der Waals surface area (Å²) in [5, 5.41) is 9.74. The van der Waals surface area contributed by atoms with E-state index in [1.54, 1.807) is 18.3 Å². The van der Waals surface area contributed by atoms with E-state index in [1.165, 1.54) is 12.1 Å². The minimum atomic E-state index is -0.461. The molecule has 1 aromatic heterocycles. The highest BCUT2D eigenvalue weighted by Crippen LogP contribution is 2.30. The lowest BCUT2D eigenvalue weighted by atomic mass is 9.99. The van der Waals surface area contributed by atoms with Gasteiger partial charge in [-0.25, -0.2) is 4.39 Å². The Morgan fingerprint density at radius 3 is 2.92 bits per heavy atom. The van der Waals surface area contributed by atoms with Crippen molar-refractivity contribution in [3.05, 3.63) is 57.9 Å². The highest BCUT2D eigenvalue weighted by atomic mass is 35.5. The van der Waals surface area contributed by atoms with E-state index in [1.807, 2.05) is 6.07 Å². The molecule has 0 saturated carbocycles. The topological polar surface area (TPSA) is 36.4 Å². The van der Waals surface area contributed by atoms with Crippen LogP contribution in [0.3, 0.4) is 0 Å². The maximum Gasteiger partial charge on any atom is 0.149 e. The molecule has 0 aliphatic carbocycles. The first-order valence-electron chi connectivity index (χ1n) is 8.02. The number of phenolic OH excluding ortho intramolecular Hbond substituents is 1. The minimum absolute atomic E-state index is 0.0645. The van der Waals surface area contributed by atoms with Crippen molar-refractivity contribution >= 4 is 23.5 Å². The second kappa shape index (κ2) is 6.91. The summed E-state index contributed by atoms with van der Waals surface area (Å²) in [6, 6.07) is 7.05. The van der Waals surface area contributed by atoms with Crippen LogP contribution < -0.4 is 0 Å². The van der Waals surface area contributed by atoms with Gasteiger partial charge < -0.3 is 5.11 Å². The molecule has 1 N–H and O–H groups in total. The first-order valence-corrected chi connectivity index (χ1v) is 8.40. The van der Waals surface area contributed by atoms with Crippen molar-refractivity contribution in [3.8, 4) is 5.75 Å². The highest BCUT2D eigenvalue weighted by molar-refractivity contribution is 6.33. The Balaban J connectivity index is 1.88. The maximum atomic E-state index is 14.6. The number of fused-ring (bicyclic) bond motifs is 1. The molecule has 0 unspecified atom stereocenters. The third-order valence-electron chi connectivity index (χ3n) is 4.39. The lowest BCUT2D eigenvalue weighted by Crippen LogP contribution is -2.36. The van der Waals surface area contributed by atoms with Gasteiger partial charge in [-0.15, -0.1) is 0 Å². The Labute approximate surface area is 146 Å². The number of aromatic hydroxyl groups is 1. The summed E-state index contributed by atoms with van der Waals surface area (Å²) in [7, 11) is 0. The number of nitrogens with zero attached hydrogens (tertiary/aromatic N) is 2. The van der Waals surface area contributed by atoms with Gasteiger partial charge in [0.25, 0.3) is 0 Å². The highest BCUT2D eigenvalue weighted by Gasteiger charge is 2.19. The summed E-state index contributed by atoms with van der Waals surface area (Å²) >= 11 is 6.00. The Kier molecular flexibility index (Phi) is 4.88. The summed E-state index contributed by atoms with van der Waals surface area (Å²) in [5.74, 6) is -0.526. The van der Waals surface area contributed by atoms with Crippen molar-refractivity contribution in [3.63, 3.8) is 0 Å². The molecule has 2 aromatic rings. The van der Waals surface area contributed by atoms with Crippen molar-refractivity contribution in [1.82, 2.24) is 9.88 Å². The molecule has 0 bridgehead atoms. The maximum absolute atomic E-state index is 14.6. The van der Waals surface area contributed by atoms with Crippen LogP contribution in [0.25, 0.3) is 11.9 Å². The zero-order valence-corrected chi connectivity index (χ0v) is 14.5. The number of pyridine rings is 1. The van der Waals surface area contributed by atoms with E-state index < -0.39 is 5.83 Å². The molecule has 5 heteroatoms. The van der Waals surface area contributed by atoms with E-state index in [0.717, 1.165) is 30.6 Å². The van der Waals surface area contributed by atoms with E-state index in [9.17, 15) is 9.50 Å². The SMILES string of the molecule is CC(C)N1CCc2cc(/C(F)=C/c3cccc(O)c3Cl)ncc2C1. The van der Waals surface area contributed by atoms with Crippen LogP contribution >= 0.6 is 11.6 Å². The molecule has 1 aliphatic rings. The van der Waals surface area contributed by atoms with Crippen LogP contribution in [-0.4, -0.2) is 27.6 Å². The Morgan fingerprint density at radius 1 is 1.38 bits per heavy atom. The number of aromatic nitrogens is 1. The summed E-state index contributed by atoms with van der Waals surface area (Å²) < 4.78 is 14.6. The number of hydrogen-bond donors (Lipinski definition) is 1. The van der Waals surface area contributed by atoms with Gasteiger partial charge in [-0.05, 0) is 55.2 Å². The fourth-order valence-electron chi connectivity index (χ4n) is 2.89. The molecule has 3 nitrogen and oxygen atoms in total. The van der Waals surface area contributed by atoms with Gasteiger partial charge >= 0.3 is 0 Å². The van der Waals surface area contributed by atoms with Crippen LogP contribution in [-0.2, 0) is 13.0 Å². The van der Waals surface area contributed by atoms with Crippen molar-refractivity contribution in [2.75, 3.05) is 6.54 Å². The zero-order chi connectivity index (χ0) is 17.3. The van der Waals surface area contributed by atoms with Crippen LogP contribution in [0.5, 0.6) is 5.75 Å². The number of rotatable bonds is 3. The summed E-state index contributed by atoms with van der Waals surface area (Å²) in [4.78, 5) is 6.64. The van der Waals surface area contributed by atoms with Gasteiger partial charge in [0.2, 0.25) is 0 Å². The van der Waals surface area contributed by atoms with Gasteiger partial charge in [-0.3, -0.25) is 9.88 Å². The van der Waals surface area contributed by atoms with E-state index in [0.29, 0.717) is 17.3 Å². The largest absolute Gasteiger partial charge is 0.506 e. The first kappa shape index (κ1) is 16.9. The molecular formula is C19H20ClFN2O. The third kappa shape index (κ3) is 3.45. The molecule has 0 spiro atoms. The number of hydrogen-bond acceptors (Lipinski definition) is 3. The molecular weight excluding hydrogens is 327 g/mol. The summed E-state index contributed by atoms with van der Waals surface area (Å²) in [6.45, 7) is 6.17. The molecule has 0 radical (unpaired) electrons. The van der Waals surface area contributed by atoms with E-state index >= 15 is 0 Å². The van der Waals surface area contributed by atoms with Crippen LogP contribution in [0.4, 0.5) is 4.39 Å². The standard InChI is InChI=1S/C19H20ClFN2O/c1-12(2)23-7-6-13-9-17(22-10-15(13)11-23)16(21)8-14-4-3-5-18(24)19(14)20/h3-5,8-10,12,24H,6-7,11H2,1-2H3/b16-8-. The number of phenols is 1. The Morgan fingerprint density at radius 2 is 2.17 bits per heavy atom. The Hall–Kier alpha value is -1.91. The van der Waals surface area contributed by atoms with Gasteiger partial charge in [0.1, 0.15) is 11.6 Å². The number of halogens is 2. The molecule has 0 atom stereocenters. The van der Waals surface area contributed by atoms with Crippen LogP contribution in [0.1, 0.15) is 36.2 Å². The van der Waals surface area contributed by atoms with Gasteiger partial charge in [0.05, 0.1) is 10.7 Å². The van der Waals surface area contributed by atoms with Gasteiger partial charge in [0.15, 0.2) is 0 Å². The van der Waals surface area contributed by atoms with Crippen LogP contribution in [0, 0.1) is 0 Å². The minimum Gasteiger partial charge on any atom is -0.506 e. The lowest BCUT2D eigenvalue weighted by molar-refractivity contribution is 0.203. The van der Waals surface area contributed by atoms with E-state index in [2.05, 4.69) is 23.7 Å². The molecule has 24 heavy (non-hydrogen) atoms. The molecule has 0 fully saturated rings. The van der Waals surface area contributed by atoms with E-state index in [-0.39, 0.29) is 10.8 Å². The van der Waals surface area contributed by atoms with Gasteiger partial charge in [0, 0.05) is 25.3 Å². The van der Waals surface area contributed by atoms with Crippen LogP contribution in [0.15, 0.2) is 30.5 Å². The van der Waals surface area contributed by atoms with Gasteiger partial charge in [-0.1, -0.05) is 23.7 Å². The summed E-state index contributed by atoms with van der Waals surface area (Å²) in [6.07, 6.45) is 3.96. The first-order chi connectivity index (χ1) is 11.5. The monoisotopic (exact) mass is 346 g/mol. The zero-order valence-electron chi connectivity index (χ0n) is 13.8. The molecule has 1 aromatic carbocycles. The third-order valence-corrected chi connectivity index (χ3v) is 4.80. The second-order valence-electron chi connectivity index (χ2n) is 6.33. The van der Waals surface area contributed by atoms with Crippen molar-refractivity contribution in [2.45, 2.75) is 32.9 Å². The van der Waals surface area contributed by atoms with Crippen LogP contribution in [0.2, 0.25) is 5.02 Å². The Bertz CT molecular complexity index is 789. The average molecular weight is 347 g/mol. The van der Waals surface area contributed by atoms with Gasteiger partial charge in [-0.2, -0.15) is 0 Å². The second-order valence-corrected chi connectivity index (χ2v) is 6.70. The predicted octanol–water partition coefficient (Wildman–Crippen LogP) is 4.67. The number of benzene rings is 1. The molecule has 1 aliphatic heterocycles. The fraction of sp³-hybridized carbons (Fsp3) is 0.316. The fourth-order valence-corrected chi connectivity index (χ4v) is 3.07. The molecule has 0 saturated heterocycles. The molecule has 126 valence electrons.